The number of thioether (sulfide) groups is 1. The highest BCUT2D eigenvalue weighted by Gasteiger charge is 2.49. The zero-order valence-corrected chi connectivity index (χ0v) is 12.6. The van der Waals surface area contributed by atoms with Gasteiger partial charge in [-0.25, -0.2) is 0 Å². The largest absolute Gasteiger partial charge is 0.481 e. The molecule has 1 saturated carbocycles. The van der Waals surface area contributed by atoms with E-state index in [4.69, 9.17) is 9.84 Å². The third kappa shape index (κ3) is 3.21. The lowest BCUT2D eigenvalue weighted by molar-refractivity contribution is -0.138. The Morgan fingerprint density at radius 3 is 2.33 bits per heavy atom. The minimum Gasteiger partial charge on any atom is -0.481 e. The van der Waals surface area contributed by atoms with Crippen molar-refractivity contribution in [2.45, 2.75) is 69.8 Å². The Morgan fingerprint density at radius 1 is 1.33 bits per heavy atom. The Bertz CT molecular complexity index is 345. The molecule has 0 aromatic carbocycles. The molecule has 18 heavy (non-hydrogen) atoms. The quantitative estimate of drug-likeness (QED) is 0.834. The molecule has 0 amide bonds. The van der Waals surface area contributed by atoms with Gasteiger partial charge in [0.1, 0.15) is 0 Å². The summed E-state index contributed by atoms with van der Waals surface area (Å²) >= 11 is 1.92. The summed E-state index contributed by atoms with van der Waals surface area (Å²) in [6, 6.07) is 0. The molecule has 2 rings (SSSR count). The van der Waals surface area contributed by atoms with Crippen molar-refractivity contribution in [1.82, 2.24) is 0 Å². The first-order valence-corrected chi connectivity index (χ1v) is 7.73. The van der Waals surface area contributed by atoms with E-state index in [2.05, 4.69) is 27.7 Å². The van der Waals surface area contributed by atoms with Crippen LogP contribution in [0.1, 0.15) is 53.4 Å². The third-order valence-corrected chi connectivity index (χ3v) is 5.98. The van der Waals surface area contributed by atoms with Crippen LogP contribution in [0.2, 0.25) is 0 Å². The average molecular weight is 272 g/mol. The van der Waals surface area contributed by atoms with Crippen molar-refractivity contribution in [1.29, 1.82) is 0 Å². The summed E-state index contributed by atoms with van der Waals surface area (Å²) in [4.78, 5) is 10.8. The van der Waals surface area contributed by atoms with E-state index in [-0.39, 0.29) is 16.6 Å². The Morgan fingerprint density at radius 2 is 1.94 bits per heavy atom. The fourth-order valence-corrected chi connectivity index (χ4v) is 4.83. The molecule has 0 spiro atoms. The second-order valence-corrected chi connectivity index (χ2v) is 8.23. The molecule has 3 nitrogen and oxygen atoms in total. The van der Waals surface area contributed by atoms with E-state index in [9.17, 15) is 4.79 Å². The molecule has 1 atom stereocenters. The van der Waals surface area contributed by atoms with Crippen molar-refractivity contribution < 1.29 is 14.6 Å². The maximum absolute atomic E-state index is 10.8. The van der Waals surface area contributed by atoms with Crippen LogP contribution in [0.5, 0.6) is 0 Å². The monoisotopic (exact) mass is 272 g/mol. The summed E-state index contributed by atoms with van der Waals surface area (Å²) in [5, 5.41) is 9.40. The smallest absolute Gasteiger partial charge is 0.303 e. The normalized spacial score (nSPS) is 31.2. The lowest BCUT2D eigenvalue weighted by Crippen LogP contribution is -2.31. The molecule has 1 heterocycles. The van der Waals surface area contributed by atoms with Crippen LogP contribution in [0.3, 0.4) is 0 Å². The van der Waals surface area contributed by atoms with Gasteiger partial charge in [-0.3, -0.25) is 4.79 Å². The van der Waals surface area contributed by atoms with Gasteiger partial charge in [-0.2, -0.15) is 11.8 Å². The summed E-state index contributed by atoms with van der Waals surface area (Å²) in [6.07, 6.45) is 3.53. The predicted molar refractivity (Wildman–Crippen MR) is 74.0 cm³/mol. The number of aliphatic carboxylic acids is 1. The van der Waals surface area contributed by atoms with Crippen LogP contribution < -0.4 is 0 Å². The van der Waals surface area contributed by atoms with Crippen LogP contribution >= 0.6 is 11.8 Å². The molecular weight excluding hydrogens is 248 g/mol. The summed E-state index contributed by atoms with van der Waals surface area (Å²) in [5.41, 5.74) is -0.0720. The summed E-state index contributed by atoms with van der Waals surface area (Å²) in [5.74, 6) is 0.308. The Hall–Kier alpha value is -0.220. The molecule has 2 fully saturated rings. The SMILES string of the molecule is CC1(C)CC(SCC2(CC(=O)O)CC2)C(C)(C)O1. The number of ether oxygens (including phenoxy) is 1. The van der Waals surface area contributed by atoms with E-state index >= 15 is 0 Å². The van der Waals surface area contributed by atoms with Crippen LogP contribution in [0.25, 0.3) is 0 Å². The summed E-state index contributed by atoms with van der Waals surface area (Å²) < 4.78 is 6.08. The molecule has 0 bridgehead atoms. The zero-order valence-electron chi connectivity index (χ0n) is 11.8. The van der Waals surface area contributed by atoms with Crippen molar-refractivity contribution in [2.75, 3.05) is 5.75 Å². The molecule has 1 aliphatic carbocycles. The van der Waals surface area contributed by atoms with Gasteiger partial charge < -0.3 is 9.84 Å². The Labute approximate surface area is 114 Å². The first-order valence-electron chi connectivity index (χ1n) is 6.68. The fraction of sp³-hybridized carbons (Fsp3) is 0.929. The molecule has 0 aromatic heterocycles. The molecule has 4 heteroatoms. The highest BCUT2D eigenvalue weighted by atomic mass is 32.2. The van der Waals surface area contributed by atoms with Crippen LogP contribution in [0, 0.1) is 5.41 Å². The van der Waals surface area contributed by atoms with Gasteiger partial charge in [0.15, 0.2) is 0 Å². The van der Waals surface area contributed by atoms with E-state index in [0.717, 1.165) is 25.0 Å². The highest BCUT2D eigenvalue weighted by molar-refractivity contribution is 8.00. The van der Waals surface area contributed by atoms with Crippen molar-refractivity contribution in [3.8, 4) is 0 Å². The lowest BCUT2D eigenvalue weighted by atomic mass is 10.0. The van der Waals surface area contributed by atoms with Gasteiger partial charge in [-0.15, -0.1) is 0 Å². The number of carboxylic acids is 1. The molecule has 2 aliphatic rings. The van der Waals surface area contributed by atoms with Crippen LogP contribution in [0.15, 0.2) is 0 Å². The third-order valence-electron chi connectivity index (χ3n) is 4.07. The van der Waals surface area contributed by atoms with E-state index < -0.39 is 5.97 Å². The highest BCUT2D eigenvalue weighted by Crippen LogP contribution is 2.54. The average Bonchev–Trinajstić information content (AvgIpc) is 2.84. The molecule has 1 N–H and O–H groups in total. The molecule has 0 radical (unpaired) electrons. The van der Waals surface area contributed by atoms with Gasteiger partial charge in [-0.05, 0) is 58.1 Å². The fourth-order valence-electron chi connectivity index (χ4n) is 2.92. The second kappa shape index (κ2) is 4.41. The number of hydrogen-bond donors (Lipinski definition) is 1. The van der Waals surface area contributed by atoms with Crippen LogP contribution in [0.4, 0.5) is 0 Å². The van der Waals surface area contributed by atoms with Crippen LogP contribution in [-0.4, -0.2) is 33.3 Å². The van der Waals surface area contributed by atoms with E-state index in [1.54, 1.807) is 0 Å². The van der Waals surface area contributed by atoms with Gasteiger partial charge >= 0.3 is 5.97 Å². The number of carbonyl (C=O) groups is 1. The maximum Gasteiger partial charge on any atom is 0.303 e. The van der Waals surface area contributed by atoms with Gasteiger partial charge in [0.2, 0.25) is 0 Å². The van der Waals surface area contributed by atoms with Crippen molar-refractivity contribution in [3.63, 3.8) is 0 Å². The van der Waals surface area contributed by atoms with Crippen molar-refractivity contribution in [2.24, 2.45) is 5.41 Å². The predicted octanol–water partition coefficient (Wildman–Crippen LogP) is 3.32. The zero-order chi connectivity index (χ0) is 13.6. The minimum absolute atomic E-state index is 0.0509. The van der Waals surface area contributed by atoms with Crippen molar-refractivity contribution in [3.05, 3.63) is 0 Å². The maximum atomic E-state index is 10.8. The molecule has 0 aromatic rings. The summed E-state index contributed by atoms with van der Waals surface area (Å²) in [6.45, 7) is 8.57. The number of rotatable bonds is 5. The Kier molecular flexibility index (Phi) is 3.48. The van der Waals surface area contributed by atoms with Gasteiger partial charge in [0.25, 0.3) is 0 Å². The minimum atomic E-state index is -0.657. The molecule has 1 unspecified atom stereocenters. The molecule has 1 aliphatic heterocycles. The first kappa shape index (κ1) is 14.2. The Balaban J connectivity index is 1.89. The second-order valence-electron chi connectivity index (χ2n) is 7.04. The molecule has 1 saturated heterocycles. The van der Waals surface area contributed by atoms with E-state index in [0.29, 0.717) is 11.7 Å². The first-order chi connectivity index (χ1) is 8.14. The van der Waals surface area contributed by atoms with E-state index in [1.165, 1.54) is 0 Å². The van der Waals surface area contributed by atoms with Gasteiger partial charge in [0.05, 0.1) is 17.6 Å². The van der Waals surface area contributed by atoms with E-state index in [1.807, 2.05) is 11.8 Å². The standard InChI is InChI=1S/C14H24O3S/c1-12(2)7-10(13(3,4)17-12)18-9-14(5-6-14)8-11(15)16/h10H,5-9H2,1-4H3,(H,15,16). The van der Waals surface area contributed by atoms with Crippen molar-refractivity contribution >= 4 is 17.7 Å². The van der Waals surface area contributed by atoms with Gasteiger partial charge in [-0.1, -0.05) is 0 Å². The summed E-state index contributed by atoms with van der Waals surface area (Å²) in [7, 11) is 0. The topological polar surface area (TPSA) is 46.5 Å². The number of hydrogen-bond acceptors (Lipinski definition) is 3. The number of carboxylic acid groups (broad SMARTS) is 1. The lowest BCUT2D eigenvalue weighted by Gasteiger charge is -2.27. The molecular formula is C14H24O3S. The molecule has 104 valence electrons. The van der Waals surface area contributed by atoms with Crippen LogP contribution in [-0.2, 0) is 9.53 Å². The van der Waals surface area contributed by atoms with Gasteiger partial charge in [0, 0.05) is 5.25 Å².